The van der Waals surface area contributed by atoms with E-state index in [9.17, 15) is 0 Å². The van der Waals surface area contributed by atoms with Gasteiger partial charge in [-0.2, -0.15) is 0 Å². The van der Waals surface area contributed by atoms with Gasteiger partial charge >= 0.3 is 0 Å². The highest BCUT2D eigenvalue weighted by Crippen LogP contribution is 2.51. The molecule has 0 radical (unpaired) electrons. The van der Waals surface area contributed by atoms with Crippen molar-refractivity contribution in [3.63, 3.8) is 0 Å². The van der Waals surface area contributed by atoms with E-state index in [0.717, 1.165) is 6.61 Å². The van der Waals surface area contributed by atoms with Crippen molar-refractivity contribution in [1.82, 2.24) is 0 Å². The average Bonchev–Trinajstić information content (AvgIpc) is 2.42. The first kappa shape index (κ1) is 7.90. The Morgan fingerprint density at radius 2 is 2.33 bits per heavy atom. The predicted octanol–water partition coefficient (Wildman–Crippen LogP) is 2.26. The Balaban J connectivity index is 1.99. The number of azide groups is 1. The van der Waals surface area contributed by atoms with Crippen LogP contribution in [-0.2, 0) is 4.74 Å². The van der Waals surface area contributed by atoms with Crippen molar-refractivity contribution in [3.8, 4) is 0 Å². The van der Waals surface area contributed by atoms with Crippen molar-refractivity contribution < 1.29 is 4.74 Å². The minimum atomic E-state index is 0.210. The van der Waals surface area contributed by atoms with Gasteiger partial charge in [-0.1, -0.05) is 11.5 Å². The smallest absolute Gasteiger partial charge is 0.0688 e. The summed E-state index contributed by atoms with van der Waals surface area (Å²) in [6.45, 7) is 1.38. The second kappa shape index (κ2) is 2.96. The second-order valence-electron chi connectivity index (χ2n) is 3.74. The van der Waals surface area contributed by atoms with Gasteiger partial charge in [-0.15, -0.1) is 0 Å². The first-order valence-electron chi connectivity index (χ1n) is 4.50. The Morgan fingerprint density at radius 1 is 1.50 bits per heavy atom. The Morgan fingerprint density at radius 3 is 2.92 bits per heavy atom. The van der Waals surface area contributed by atoms with Crippen LogP contribution < -0.4 is 0 Å². The molecule has 66 valence electrons. The molecule has 0 N–H and O–H groups in total. The van der Waals surface area contributed by atoms with Crippen molar-refractivity contribution in [2.45, 2.75) is 31.8 Å². The summed E-state index contributed by atoms with van der Waals surface area (Å²) in [5, 5.41) is 3.59. The molecule has 1 heterocycles. The second-order valence-corrected chi connectivity index (χ2v) is 3.74. The average molecular weight is 167 g/mol. The molecule has 1 unspecified atom stereocenters. The molecule has 1 aliphatic heterocycles. The summed E-state index contributed by atoms with van der Waals surface area (Å²) in [6.07, 6.45) is 5.22. The third-order valence-electron chi connectivity index (χ3n) is 3.26. The van der Waals surface area contributed by atoms with Crippen LogP contribution in [0.2, 0.25) is 0 Å². The first-order valence-corrected chi connectivity index (χ1v) is 4.50. The van der Waals surface area contributed by atoms with Crippen LogP contribution in [0, 0.1) is 5.41 Å². The van der Waals surface area contributed by atoms with Gasteiger partial charge in [0.1, 0.15) is 0 Å². The van der Waals surface area contributed by atoms with Crippen molar-refractivity contribution in [1.29, 1.82) is 0 Å². The lowest BCUT2D eigenvalue weighted by Gasteiger charge is -2.41. The zero-order chi connectivity index (χ0) is 8.44. The molecule has 12 heavy (non-hydrogen) atoms. The molecule has 2 aliphatic rings. The number of nitrogens with zero attached hydrogens (tertiary/aromatic N) is 3. The largest absolute Gasteiger partial charge is 0.377 e. The number of rotatable bonds is 2. The van der Waals surface area contributed by atoms with E-state index in [1.807, 2.05) is 0 Å². The summed E-state index contributed by atoms with van der Waals surface area (Å²) in [6, 6.07) is 0. The van der Waals surface area contributed by atoms with E-state index in [1.165, 1.54) is 25.7 Å². The molecule has 2 rings (SSSR count). The summed E-state index contributed by atoms with van der Waals surface area (Å²) in [5.41, 5.74) is 8.59. The highest BCUT2D eigenvalue weighted by Gasteiger charge is 2.47. The van der Waals surface area contributed by atoms with E-state index in [0.29, 0.717) is 12.0 Å². The van der Waals surface area contributed by atoms with Crippen molar-refractivity contribution in [2.75, 3.05) is 13.2 Å². The molecule has 1 aliphatic carbocycles. The molecular weight excluding hydrogens is 154 g/mol. The minimum absolute atomic E-state index is 0.210. The maximum atomic E-state index is 8.19. The molecule has 0 aromatic rings. The SMILES string of the molecule is [N-]=[N+]=NCC1OCCC12CCC2. The van der Waals surface area contributed by atoms with Crippen molar-refractivity contribution in [2.24, 2.45) is 10.5 Å². The lowest BCUT2D eigenvalue weighted by molar-refractivity contribution is 0.0104. The normalized spacial score (nSPS) is 31.2. The monoisotopic (exact) mass is 167 g/mol. The van der Waals surface area contributed by atoms with Crippen LogP contribution >= 0.6 is 0 Å². The highest BCUT2D eigenvalue weighted by molar-refractivity contribution is 4.98. The van der Waals surface area contributed by atoms with Crippen molar-refractivity contribution in [3.05, 3.63) is 10.4 Å². The zero-order valence-corrected chi connectivity index (χ0v) is 7.07. The van der Waals surface area contributed by atoms with Gasteiger partial charge in [0, 0.05) is 11.5 Å². The molecule has 4 heteroatoms. The van der Waals surface area contributed by atoms with Crippen molar-refractivity contribution >= 4 is 0 Å². The van der Waals surface area contributed by atoms with E-state index in [2.05, 4.69) is 10.0 Å². The van der Waals surface area contributed by atoms with Crippen LogP contribution in [0.1, 0.15) is 25.7 Å². The van der Waals surface area contributed by atoms with E-state index >= 15 is 0 Å². The van der Waals surface area contributed by atoms with Gasteiger partial charge in [-0.05, 0) is 30.2 Å². The Kier molecular flexibility index (Phi) is 1.95. The van der Waals surface area contributed by atoms with Crippen LogP contribution in [0.5, 0.6) is 0 Å². The Hall–Kier alpha value is -0.730. The van der Waals surface area contributed by atoms with E-state index in [4.69, 9.17) is 10.3 Å². The molecule has 0 bridgehead atoms. The van der Waals surface area contributed by atoms with Gasteiger partial charge in [0.15, 0.2) is 0 Å². The molecular formula is C8H13N3O. The molecule has 0 amide bonds. The molecule has 0 aromatic heterocycles. The third-order valence-corrected chi connectivity index (χ3v) is 3.26. The molecule has 1 saturated heterocycles. The van der Waals surface area contributed by atoms with Gasteiger partial charge in [0.25, 0.3) is 0 Å². The first-order chi connectivity index (χ1) is 5.87. The third kappa shape index (κ3) is 1.08. The molecule has 4 nitrogen and oxygen atoms in total. The van der Waals surface area contributed by atoms with Gasteiger partial charge in [0.05, 0.1) is 12.6 Å². The van der Waals surface area contributed by atoms with E-state index < -0.39 is 0 Å². The highest BCUT2D eigenvalue weighted by atomic mass is 16.5. The molecule has 1 atom stereocenters. The number of ether oxygens (including phenoxy) is 1. The summed E-state index contributed by atoms with van der Waals surface area (Å²) in [4.78, 5) is 2.77. The summed E-state index contributed by atoms with van der Waals surface area (Å²) < 4.78 is 5.55. The van der Waals surface area contributed by atoms with Gasteiger partial charge in [0.2, 0.25) is 0 Å². The van der Waals surface area contributed by atoms with Gasteiger partial charge < -0.3 is 4.74 Å². The molecule has 2 fully saturated rings. The Bertz CT molecular complexity index is 218. The predicted molar refractivity (Wildman–Crippen MR) is 44.7 cm³/mol. The maximum Gasteiger partial charge on any atom is 0.0688 e. The van der Waals surface area contributed by atoms with Crippen LogP contribution in [0.3, 0.4) is 0 Å². The lowest BCUT2D eigenvalue weighted by Crippen LogP contribution is -2.39. The Labute approximate surface area is 71.5 Å². The van der Waals surface area contributed by atoms with Crippen LogP contribution in [0.25, 0.3) is 10.4 Å². The molecule has 1 saturated carbocycles. The quantitative estimate of drug-likeness (QED) is 0.353. The van der Waals surface area contributed by atoms with E-state index in [1.54, 1.807) is 0 Å². The van der Waals surface area contributed by atoms with Crippen LogP contribution in [0.15, 0.2) is 5.11 Å². The summed E-state index contributed by atoms with van der Waals surface area (Å²) in [5.74, 6) is 0. The lowest BCUT2D eigenvalue weighted by atomic mass is 9.64. The summed E-state index contributed by atoms with van der Waals surface area (Å²) in [7, 11) is 0. The maximum absolute atomic E-state index is 8.19. The fraction of sp³-hybridized carbons (Fsp3) is 1.00. The fourth-order valence-corrected chi connectivity index (χ4v) is 2.30. The van der Waals surface area contributed by atoms with Gasteiger partial charge in [-0.3, -0.25) is 0 Å². The van der Waals surface area contributed by atoms with E-state index in [-0.39, 0.29) is 6.10 Å². The zero-order valence-electron chi connectivity index (χ0n) is 7.07. The summed E-state index contributed by atoms with van der Waals surface area (Å²) >= 11 is 0. The fourth-order valence-electron chi connectivity index (χ4n) is 2.30. The minimum Gasteiger partial charge on any atom is -0.377 e. The van der Waals surface area contributed by atoms with Crippen LogP contribution in [-0.4, -0.2) is 19.3 Å². The van der Waals surface area contributed by atoms with Gasteiger partial charge in [-0.25, -0.2) is 0 Å². The van der Waals surface area contributed by atoms with Crippen LogP contribution in [0.4, 0.5) is 0 Å². The topological polar surface area (TPSA) is 58.0 Å². The molecule has 0 aromatic carbocycles. The molecule has 1 spiro atoms. The number of hydrogen-bond donors (Lipinski definition) is 0. The number of hydrogen-bond acceptors (Lipinski definition) is 2. The standard InChI is InChI=1S/C8H13N3O/c9-11-10-6-7-8(2-1-3-8)4-5-12-7/h7H,1-6H2.